The van der Waals surface area contributed by atoms with Crippen LogP contribution in [0.15, 0.2) is 0 Å². The third-order valence-electron chi connectivity index (χ3n) is 7.75. The van der Waals surface area contributed by atoms with E-state index in [0.717, 1.165) is 103 Å². The molecule has 0 aliphatic heterocycles. The number of carbonyl (C=O) groups is 4. The fraction of sp³-hybridized carbons (Fsp3) is 0.857. The monoisotopic (exact) mass is 716 g/mol. The molecule has 8 nitrogen and oxygen atoms in total. The van der Waals surface area contributed by atoms with Crippen LogP contribution >= 0.6 is 0 Å². The van der Waals surface area contributed by atoms with Gasteiger partial charge in [-0.1, -0.05) is 77.0 Å². The van der Waals surface area contributed by atoms with Crippen molar-refractivity contribution < 1.29 is 39.6 Å². The van der Waals surface area contributed by atoms with Crippen LogP contribution in [0.3, 0.4) is 0 Å². The molecule has 0 atom stereocenters. The van der Waals surface area contributed by atoms with E-state index in [0.29, 0.717) is 0 Å². The molecule has 0 aromatic rings. The van der Waals surface area contributed by atoms with E-state index in [4.69, 9.17) is 0 Å². The summed E-state index contributed by atoms with van der Waals surface area (Å²) in [6, 6.07) is 0. The van der Waals surface area contributed by atoms with E-state index in [1.807, 2.05) is 0 Å². The molecule has 9 heteroatoms. The minimum absolute atomic E-state index is 0. The Balaban J connectivity index is 0.000000463. The van der Waals surface area contributed by atoms with E-state index < -0.39 is 23.9 Å². The molecule has 0 spiro atoms. The molecule has 0 saturated heterocycles. The van der Waals surface area contributed by atoms with Gasteiger partial charge in [0, 0.05) is 51.2 Å². The molecule has 0 heterocycles. The van der Waals surface area contributed by atoms with Gasteiger partial charge in [0.1, 0.15) is 0 Å². The molecular weight excluding hydrogens is 672 g/mol. The molecule has 37 heavy (non-hydrogen) atoms. The van der Waals surface area contributed by atoms with Gasteiger partial charge in [-0.15, -0.1) is 0 Å². The molecule has 4 rings (SSSR count). The summed E-state index contributed by atoms with van der Waals surface area (Å²) < 4.78 is 0. The van der Waals surface area contributed by atoms with Gasteiger partial charge in [0.25, 0.3) is 0 Å². The van der Waals surface area contributed by atoms with Crippen molar-refractivity contribution in [3.05, 3.63) is 0 Å². The van der Waals surface area contributed by atoms with Crippen molar-refractivity contribution in [2.24, 2.45) is 23.7 Å². The van der Waals surface area contributed by atoms with Gasteiger partial charge >= 0.3 is 0 Å². The first-order valence-corrected chi connectivity index (χ1v) is 14.1. The Morgan fingerprint density at radius 1 is 0.324 bits per heavy atom. The Bertz CT molecular complexity index is 533. The standard InChI is InChI=1S/4C7H12O2.Pb/c4*8-7(9)6-4-2-1-3-5-6;/h4*6H,1-5H2,(H,8,9);/p-4. The van der Waals surface area contributed by atoms with E-state index in [1.54, 1.807) is 0 Å². The summed E-state index contributed by atoms with van der Waals surface area (Å²) >= 11 is 0. The van der Waals surface area contributed by atoms with Gasteiger partial charge in [0.15, 0.2) is 0 Å². The summed E-state index contributed by atoms with van der Waals surface area (Å²) in [6.07, 6.45) is 20.0. The average molecular weight is 716 g/mol. The van der Waals surface area contributed by atoms with Crippen LogP contribution in [0.25, 0.3) is 0 Å². The van der Waals surface area contributed by atoms with Crippen LogP contribution < -0.4 is 20.4 Å². The molecule has 4 fully saturated rings. The number of carboxylic acid groups (broad SMARTS) is 4. The van der Waals surface area contributed by atoms with Crippen molar-refractivity contribution in [3.8, 4) is 0 Å². The van der Waals surface area contributed by atoms with Crippen molar-refractivity contribution in [2.45, 2.75) is 128 Å². The molecule has 4 saturated carbocycles. The zero-order chi connectivity index (χ0) is 26.8. The number of rotatable bonds is 4. The summed E-state index contributed by atoms with van der Waals surface area (Å²) in [5.74, 6) is -3.97. The second kappa shape index (κ2) is 21.7. The van der Waals surface area contributed by atoms with E-state index in [9.17, 15) is 39.6 Å². The van der Waals surface area contributed by atoms with E-state index in [-0.39, 0.29) is 51.0 Å². The van der Waals surface area contributed by atoms with E-state index in [1.165, 1.54) is 25.7 Å². The molecule has 212 valence electrons. The molecule has 4 aliphatic rings. The third-order valence-corrected chi connectivity index (χ3v) is 7.75. The Labute approximate surface area is 242 Å². The van der Waals surface area contributed by atoms with Crippen LogP contribution in [0.2, 0.25) is 0 Å². The second-order valence-electron chi connectivity index (χ2n) is 10.6. The van der Waals surface area contributed by atoms with Crippen molar-refractivity contribution in [1.29, 1.82) is 0 Å². The van der Waals surface area contributed by atoms with Gasteiger partial charge in [0.05, 0.1) is 0 Å². The molecule has 0 amide bonds. The number of carbonyl (C=O) groups excluding carboxylic acids is 4. The maximum absolute atomic E-state index is 10.2. The minimum atomic E-state index is -0.852. The topological polar surface area (TPSA) is 161 Å². The van der Waals surface area contributed by atoms with Crippen molar-refractivity contribution >= 4 is 51.2 Å². The fourth-order valence-electron chi connectivity index (χ4n) is 5.35. The first kappa shape index (κ1) is 35.8. The molecule has 4 aliphatic carbocycles. The molecule has 0 aromatic heterocycles. The molecule has 0 aromatic carbocycles. The first-order valence-electron chi connectivity index (χ1n) is 14.1. The zero-order valence-electron chi connectivity index (χ0n) is 22.2. The smallest absolute Gasteiger partial charge is 0.0445 e. The van der Waals surface area contributed by atoms with Gasteiger partial charge in [-0.25, -0.2) is 0 Å². The minimum Gasteiger partial charge on any atom is -0.550 e. The summed E-state index contributed by atoms with van der Waals surface area (Å²) in [4.78, 5) is 41.0. The van der Waals surface area contributed by atoms with Crippen LogP contribution in [-0.2, 0) is 19.2 Å². The van der Waals surface area contributed by atoms with Gasteiger partial charge in [-0.3, -0.25) is 0 Å². The summed E-state index contributed by atoms with van der Waals surface area (Å²) in [5.41, 5.74) is 0. The van der Waals surface area contributed by atoms with Gasteiger partial charge in [-0.05, 0) is 75.0 Å². The van der Waals surface area contributed by atoms with Crippen LogP contribution in [0.1, 0.15) is 128 Å². The Kier molecular flexibility index (Phi) is 21.0. The van der Waals surface area contributed by atoms with Gasteiger partial charge in [-0.2, -0.15) is 0 Å². The Hall–Kier alpha value is -1.20. The average Bonchev–Trinajstić information content (AvgIpc) is 2.92. The fourth-order valence-corrected chi connectivity index (χ4v) is 5.35. The van der Waals surface area contributed by atoms with Crippen molar-refractivity contribution in [3.63, 3.8) is 0 Å². The van der Waals surface area contributed by atoms with Crippen LogP contribution in [0.4, 0.5) is 0 Å². The van der Waals surface area contributed by atoms with Crippen LogP contribution in [-0.4, -0.2) is 51.2 Å². The van der Waals surface area contributed by atoms with Gasteiger partial charge < -0.3 is 39.6 Å². The predicted octanol–water partition coefficient (Wildman–Crippen LogP) is 0.886. The van der Waals surface area contributed by atoms with Gasteiger partial charge in [0.2, 0.25) is 0 Å². The maximum Gasteiger partial charge on any atom is 0.0445 e. The molecular formula is C28H44O8Pb-4. The summed E-state index contributed by atoms with van der Waals surface area (Å²) in [5, 5.41) is 41.0. The van der Waals surface area contributed by atoms with E-state index in [2.05, 4.69) is 0 Å². The van der Waals surface area contributed by atoms with E-state index >= 15 is 0 Å². The van der Waals surface area contributed by atoms with Crippen molar-refractivity contribution in [1.82, 2.24) is 0 Å². The number of carboxylic acids is 4. The molecule has 4 radical (unpaired) electrons. The quantitative estimate of drug-likeness (QED) is 0.388. The zero-order valence-corrected chi connectivity index (χ0v) is 26.1. The Morgan fingerprint density at radius 3 is 0.541 bits per heavy atom. The number of hydrogen-bond acceptors (Lipinski definition) is 8. The summed E-state index contributed by atoms with van der Waals surface area (Å²) in [7, 11) is 0. The third kappa shape index (κ3) is 17.1. The predicted molar refractivity (Wildman–Crippen MR) is 132 cm³/mol. The summed E-state index contributed by atoms with van der Waals surface area (Å²) in [6.45, 7) is 0. The van der Waals surface area contributed by atoms with Crippen molar-refractivity contribution in [2.75, 3.05) is 0 Å². The number of hydrogen-bond donors (Lipinski definition) is 0. The molecule has 0 bridgehead atoms. The van der Waals surface area contributed by atoms with Crippen LogP contribution in [0.5, 0.6) is 0 Å². The van der Waals surface area contributed by atoms with Crippen LogP contribution in [0, 0.1) is 23.7 Å². The normalized spacial score (nSPS) is 21.2. The Morgan fingerprint density at radius 2 is 0.459 bits per heavy atom. The molecule has 0 unspecified atom stereocenters. The maximum atomic E-state index is 10.2. The second-order valence-corrected chi connectivity index (χ2v) is 10.6. The first-order chi connectivity index (χ1) is 17.2. The largest absolute Gasteiger partial charge is 0.550 e. The SMILES string of the molecule is O=C([O-])C1CCCCC1.O=C([O-])C1CCCCC1.O=C([O-])C1CCCCC1.O=C([O-])C1CCCCC1.[Pb]. The molecule has 0 N–H and O–H groups in total. The number of aliphatic carboxylic acids is 4.